The lowest BCUT2D eigenvalue weighted by Gasteiger charge is -2.01. The lowest BCUT2D eigenvalue weighted by molar-refractivity contribution is -0.142. The zero-order chi connectivity index (χ0) is 10.6. The highest BCUT2D eigenvalue weighted by Gasteiger charge is 2.10. The van der Waals surface area contributed by atoms with E-state index in [1.54, 1.807) is 30.8 Å². The van der Waals surface area contributed by atoms with Crippen molar-refractivity contribution < 1.29 is 14.3 Å². The van der Waals surface area contributed by atoms with Gasteiger partial charge in [0.25, 0.3) is 0 Å². The van der Waals surface area contributed by atoms with Crippen LogP contribution in [-0.4, -0.2) is 23.4 Å². The van der Waals surface area contributed by atoms with Crippen LogP contribution in [-0.2, 0) is 23.0 Å². The summed E-state index contributed by atoms with van der Waals surface area (Å²) >= 11 is 0. The van der Waals surface area contributed by atoms with Crippen molar-refractivity contribution in [3.05, 3.63) is 23.5 Å². The van der Waals surface area contributed by atoms with Crippen LogP contribution in [0, 0.1) is 0 Å². The molecule has 1 aromatic rings. The van der Waals surface area contributed by atoms with Crippen molar-refractivity contribution in [1.82, 2.24) is 4.57 Å². The predicted octanol–water partition coefficient (Wildman–Crippen LogP) is 0.943. The van der Waals surface area contributed by atoms with E-state index in [0.29, 0.717) is 17.9 Å². The minimum absolute atomic E-state index is 0.156. The first-order chi connectivity index (χ1) is 6.69. The number of esters is 1. The Hall–Kier alpha value is -1.58. The van der Waals surface area contributed by atoms with Gasteiger partial charge in [0.1, 0.15) is 0 Å². The molecule has 1 heterocycles. The Balaban J connectivity index is 2.76. The summed E-state index contributed by atoms with van der Waals surface area (Å²) in [6.07, 6.45) is 2.65. The van der Waals surface area contributed by atoms with Crippen molar-refractivity contribution in [1.29, 1.82) is 0 Å². The van der Waals surface area contributed by atoms with Crippen LogP contribution < -0.4 is 0 Å². The zero-order valence-corrected chi connectivity index (χ0v) is 8.32. The first-order valence-electron chi connectivity index (χ1n) is 4.44. The molecule has 0 amide bonds. The summed E-state index contributed by atoms with van der Waals surface area (Å²) in [5.74, 6) is -0.304. The van der Waals surface area contributed by atoms with Crippen LogP contribution in [0.5, 0.6) is 0 Å². The Labute approximate surface area is 82.5 Å². The summed E-state index contributed by atoms with van der Waals surface area (Å²) < 4.78 is 6.47. The van der Waals surface area contributed by atoms with Gasteiger partial charge in [-0.25, -0.2) is 0 Å². The van der Waals surface area contributed by atoms with Crippen molar-refractivity contribution in [3.63, 3.8) is 0 Å². The van der Waals surface area contributed by atoms with Crippen LogP contribution in [0.3, 0.4) is 0 Å². The van der Waals surface area contributed by atoms with Gasteiger partial charge in [0.05, 0.1) is 18.7 Å². The standard InChI is InChI=1S/C10H13NO3/c1-3-14-10(13)6-8-4-5-11(2)9(8)7-12/h4-5,7H,3,6H2,1-2H3. The maximum absolute atomic E-state index is 11.1. The molecule has 0 saturated heterocycles. The largest absolute Gasteiger partial charge is 0.466 e. The van der Waals surface area contributed by atoms with E-state index in [1.165, 1.54) is 0 Å². The molecule has 0 unspecified atom stereocenters. The molecule has 0 fully saturated rings. The number of carbonyl (C=O) groups is 2. The number of rotatable bonds is 4. The van der Waals surface area contributed by atoms with E-state index in [2.05, 4.69) is 0 Å². The summed E-state index contributed by atoms with van der Waals surface area (Å²) in [7, 11) is 1.76. The van der Waals surface area contributed by atoms with Gasteiger partial charge in [-0.05, 0) is 18.6 Å². The first-order valence-corrected chi connectivity index (χ1v) is 4.44. The Kier molecular flexibility index (Phi) is 3.45. The maximum Gasteiger partial charge on any atom is 0.310 e. The third kappa shape index (κ3) is 2.22. The Morgan fingerprint density at radius 1 is 1.64 bits per heavy atom. The lowest BCUT2D eigenvalue weighted by Crippen LogP contribution is -2.09. The van der Waals surface area contributed by atoms with Crippen LogP contribution >= 0.6 is 0 Å². The minimum atomic E-state index is -0.304. The van der Waals surface area contributed by atoms with E-state index in [1.807, 2.05) is 0 Å². The average Bonchev–Trinajstić information content (AvgIpc) is 2.47. The minimum Gasteiger partial charge on any atom is -0.466 e. The molecule has 76 valence electrons. The number of hydrogen-bond acceptors (Lipinski definition) is 3. The van der Waals surface area contributed by atoms with Gasteiger partial charge in [-0.15, -0.1) is 0 Å². The number of hydrogen-bond donors (Lipinski definition) is 0. The number of aromatic nitrogens is 1. The topological polar surface area (TPSA) is 48.3 Å². The number of carbonyl (C=O) groups excluding carboxylic acids is 2. The van der Waals surface area contributed by atoms with Crippen LogP contribution in [0.15, 0.2) is 12.3 Å². The van der Waals surface area contributed by atoms with Gasteiger partial charge < -0.3 is 9.30 Å². The predicted molar refractivity (Wildman–Crippen MR) is 51.1 cm³/mol. The summed E-state index contributed by atoms with van der Waals surface area (Å²) in [5, 5.41) is 0. The number of aryl methyl sites for hydroxylation is 1. The summed E-state index contributed by atoms with van der Waals surface area (Å²) in [6.45, 7) is 2.12. The Bertz CT molecular complexity index is 341. The van der Waals surface area contributed by atoms with E-state index >= 15 is 0 Å². The molecule has 0 atom stereocenters. The summed E-state index contributed by atoms with van der Waals surface area (Å²) in [5.41, 5.74) is 1.24. The van der Waals surface area contributed by atoms with Crippen molar-refractivity contribution in [3.8, 4) is 0 Å². The number of nitrogens with zero attached hydrogens (tertiary/aromatic N) is 1. The molecule has 0 N–H and O–H groups in total. The third-order valence-corrected chi connectivity index (χ3v) is 1.96. The maximum atomic E-state index is 11.1. The van der Waals surface area contributed by atoms with Crippen molar-refractivity contribution in [2.45, 2.75) is 13.3 Å². The first kappa shape index (κ1) is 10.5. The van der Waals surface area contributed by atoms with Gasteiger partial charge in [0, 0.05) is 13.2 Å². The second-order valence-electron chi connectivity index (χ2n) is 2.94. The van der Waals surface area contributed by atoms with Gasteiger partial charge in [-0.1, -0.05) is 0 Å². The van der Waals surface area contributed by atoms with Crippen molar-refractivity contribution >= 4 is 12.3 Å². The third-order valence-electron chi connectivity index (χ3n) is 1.96. The van der Waals surface area contributed by atoms with Gasteiger partial charge in [0.15, 0.2) is 6.29 Å². The van der Waals surface area contributed by atoms with Gasteiger partial charge in [-0.3, -0.25) is 9.59 Å². The van der Waals surface area contributed by atoms with Gasteiger partial charge in [-0.2, -0.15) is 0 Å². The molecule has 0 aliphatic rings. The molecule has 4 heteroatoms. The normalized spacial score (nSPS) is 9.86. The molecule has 0 aromatic carbocycles. The summed E-state index contributed by atoms with van der Waals surface area (Å²) in [4.78, 5) is 21.8. The van der Waals surface area contributed by atoms with Gasteiger partial charge in [0.2, 0.25) is 0 Å². The van der Waals surface area contributed by atoms with E-state index in [-0.39, 0.29) is 12.4 Å². The molecule has 0 aliphatic carbocycles. The second-order valence-corrected chi connectivity index (χ2v) is 2.94. The van der Waals surface area contributed by atoms with Gasteiger partial charge >= 0.3 is 5.97 Å². The molecule has 0 aliphatic heterocycles. The quantitative estimate of drug-likeness (QED) is 0.530. The summed E-state index contributed by atoms with van der Waals surface area (Å²) in [6, 6.07) is 1.75. The molecule has 0 saturated carbocycles. The van der Waals surface area contributed by atoms with Crippen LogP contribution in [0.2, 0.25) is 0 Å². The highest BCUT2D eigenvalue weighted by molar-refractivity contribution is 5.80. The highest BCUT2D eigenvalue weighted by atomic mass is 16.5. The molecule has 1 aromatic heterocycles. The van der Waals surface area contributed by atoms with Crippen molar-refractivity contribution in [2.75, 3.05) is 6.61 Å². The van der Waals surface area contributed by atoms with E-state index in [0.717, 1.165) is 6.29 Å². The molecule has 1 rings (SSSR count). The van der Waals surface area contributed by atoms with Crippen LogP contribution in [0.4, 0.5) is 0 Å². The Morgan fingerprint density at radius 2 is 2.36 bits per heavy atom. The molecular weight excluding hydrogens is 182 g/mol. The fraction of sp³-hybridized carbons (Fsp3) is 0.400. The molecule has 0 bridgehead atoms. The van der Waals surface area contributed by atoms with Crippen LogP contribution in [0.25, 0.3) is 0 Å². The zero-order valence-electron chi connectivity index (χ0n) is 8.32. The number of ether oxygens (including phenoxy) is 1. The fourth-order valence-corrected chi connectivity index (χ4v) is 1.27. The average molecular weight is 195 g/mol. The lowest BCUT2D eigenvalue weighted by atomic mass is 10.2. The molecule has 14 heavy (non-hydrogen) atoms. The van der Waals surface area contributed by atoms with E-state index in [9.17, 15) is 9.59 Å². The fourth-order valence-electron chi connectivity index (χ4n) is 1.27. The van der Waals surface area contributed by atoms with E-state index in [4.69, 9.17) is 4.74 Å². The SMILES string of the molecule is CCOC(=O)Cc1ccn(C)c1C=O. The highest BCUT2D eigenvalue weighted by Crippen LogP contribution is 2.08. The smallest absolute Gasteiger partial charge is 0.310 e. The molecular formula is C10H13NO3. The van der Waals surface area contributed by atoms with E-state index < -0.39 is 0 Å². The monoisotopic (exact) mass is 195 g/mol. The molecule has 4 nitrogen and oxygen atoms in total. The second kappa shape index (κ2) is 4.60. The Morgan fingerprint density at radius 3 is 2.93 bits per heavy atom. The molecule has 0 radical (unpaired) electrons. The molecule has 0 spiro atoms. The van der Waals surface area contributed by atoms with Crippen LogP contribution in [0.1, 0.15) is 23.0 Å². The number of aldehydes is 1. The van der Waals surface area contributed by atoms with Crippen molar-refractivity contribution in [2.24, 2.45) is 7.05 Å².